The number of hydrogen-bond donors (Lipinski definition) is 2. The molecule has 2 heterocycles. The van der Waals surface area contributed by atoms with Gasteiger partial charge in [-0.2, -0.15) is 0 Å². The van der Waals surface area contributed by atoms with Gasteiger partial charge in [0.15, 0.2) is 11.5 Å². The van der Waals surface area contributed by atoms with Crippen LogP contribution < -0.4 is 5.32 Å². The molecule has 180 valence electrons. The molecule has 5 rings (SSSR count). The predicted octanol–water partition coefficient (Wildman–Crippen LogP) is 5.93. The lowest BCUT2D eigenvalue weighted by Gasteiger charge is -2.32. The number of aromatic nitrogens is 4. The Morgan fingerprint density at radius 2 is 1.91 bits per heavy atom. The van der Waals surface area contributed by atoms with Crippen LogP contribution in [0.1, 0.15) is 75.0 Å². The third-order valence-electron chi connectivity index (χ3n) is 7.87. The number of anilines is 1. The molecule has 0 radical (unpaired) electrons. The van der Waals surface area contributed by atoms with Crippen molar-refractivity contribution in [1.29, 1.82) is 0 Å². The van der Waals surface area contributed by atoms with Gasteiger partial charge in [-0.25, -0.2) is 19.7 Å². The number of rotatable bonds is 7. The Labute approximate surface area is 201 Å². The van der Waals surface area contributed by atoms with E-state index in [1.807, 2.05) is 6.07 Å². The van der Waals surface area contributed by atoms with Gasteiger partial charge in [0, 0.05) is 18.2 Å². The van der Waals surface area contributed by atoms with Crippen molar-refractivity contribution in [2.75, 3.05) is 5.32 Å². The zero-order valence-corrected chi connectivity index (χ0v) is 20.4. The Balaban J connectivity index is 1.65. The quantitative estimate of drug-likeness (QED) is 0.453. The summed E-state index contributed by atoms with van der Waals surface area (Å²) in [5.74, 6) is 2.04. The van der Waals surface area contributed by atoms with Crippen molar-refractivity contribution >= 4 is 23.0 Å². The van der Waals surface area contributed by atoms with Crippen LogP contribution in [0.25, 0.3) is 22.6 Å². The van der Waals surface area contributed by atoms with E-state index in [1.54, 1.807) is 0 Å². The van der Waals surface area contributed by atoms with Crippen LogP contribution in [0.15, 0.2) is 24.3 Å². The summed E-state index contributed by atoms with van der Waals surface area (Å²) in [7, 11) is 0. The average molecular weight is 462 g/mol. The van der Waals surface area contributed by atoms with Gasteiger partial charge in [-0.15, -0.1) is 0 Å². The van der Waals surface area contributed by atoms with Crippen molar-refractivity contribution in [2.45, 2.75) is 78.3 Å². The van der Waals surface area contributed by atoms with Gasteiger partial charge in [-0.3, -0.25) is 0 Å². The highest BCUT2D eigenvalue weighted by Gasteiger charge is 2.28. The number of benzene rings is 1. The summed E-state index contributed by atoms with van der Waals surface area (Å²) < 4.78 is 2.26. The molecular formula is C27H35N5O2. The minimum absolute atomic E-state index is 0.206. The van der Waals surface area contributed by atoms with E-state index in [0.29, 0.717) is 23.3 Å². The Bertz CT molecular complexity index is 1190. The first kappa shape index (κ1) is 22.8. The van der Waals surface area contributed by atoms with Crippen LogP contribution >= 0.6 is 0 Å². The van der Waals surface area contributed by atoms with Crippen LogP contribution in [0, 0.1) is 24.7 Å². The molecule has 2 aromatic heterocycles. The maximum atomic E-state index is 11.9. The number of carboxylic acids is 1. The molecule has 0 saturated heterocycles. The number of carbonyl (C=O) groups is 1. The van der Waals surface area contributed by atoms with Gasteiger partial charge in [0.1, 0.15) is 11.3 Å². The normalized spacial score (nSPS) is 21.9. The lowest BCUT2D eigenvalue weighted by atomic mass is 9.80. The molecule has 0 bridgehead atoms. The molecule has 2 N–H and O–H groups in total. The van der Waals surface area contributed by atoms with E-state index in [9.17, 15) is 9.90 Å². The molecule has 2 saturated carbocycles. The maximum absolute atomic E-state index is 11.9. The molecule has 7 heteroatoms. The number of aryl methyl sites for hydroxylation is 1. The second-order valence-corrected chi connectivity index (χ2v) is 10.5. The van der Waals surface area contributed by atoms with E-state index < -0.39 is 5.97 Å². The monoisotopic (exact) mass is 461 g/mol. The Hall–Kier alpha value is -2.96. The minimum atomic E-state index is -1.13. The fraction of sp³-hybridized carbons (Fsp3) is 0.556. The first-order valence-corrected chi connectivity index (χ1v) is 12.7. The minimum Gasteiger partial charge on any atom is -0.475 e. The van der Waals surface area contributed by atoms with Crippen LogP contribution in [-0.4, -0.2) is 36.6 Å². The predicted molar refractivity (Wildman–Crippen MR) is 134 cm³/mol. The fourth-order valence-corrected chi connectivity index (χ4v) is 5.46. The standard InChI is InChI=1S/C27H35N5O2/c1-16-10-12-19(13-11-16)15-32-22-23(28-18(3)20-7-5-8-20)29-25(27(33)34)30-24(22)31-26(32)21-9-4-6-17(2)14-21/h4,6,9,14,16,18-20H,5,7-8,10-13,15H2,1-3H3,(H,33,34)(H,28,29,30)/t16-,18-,19-/m1/s1. The zero-order valence-electron chi connectivity index (χ0n) is 20.4. The van der Waals surface area contributed by atoms with Crippen molar-refractivity contribution in [3.63, 3.8) is 0 Å². The molecule has 2 fully saturated rings. The topological polar surface area (TPSA) is 92.9 Å². The number of hydrogen-bond acceptors (Lipinski definition) is 5. The van der Waals surface area contributed by atoms with Gasteiger partial charge in [-0.1, -0.05) is 49.9 Å². The van der Waals surface area contributed by atoms with E-state index in [0.717, 1.165) is 34.9 Å². The molecule has 34 heavy (non-hydrogen) atoms. The Morgan fingerprint density at radius 3 is 2.56 bits per heavy atom. The molecule has 0 amide bonds. The molecule has 0 spiro atoms. The van der Waals surface area contributed by atoms with E-state index in [2.05, 4.69) is 58.8 Å². The maximum Gasteiger partial charge on any atom is 0.374 e. The van der Waals surface area contributed by atoms with E-state index in [1.165, 1.54) is 44.9 Å². The average Bonchev–Trinajstić information content (AvgIpc) is 3.12. The number of nitrogens with one attached hydrogen (secondary N) is 1. The van der Waals surface area contributed by atoms with Crippen molar-refractivity contribution in [1.82, 2.24) is 19.5 Å². The van der Waals surface area contributed by atoms with Crippen LogP contribution in [0.2, 0.25) is 0 Å². The highest BCUT2D eigenvalue weighted by atomic mass is 16.4. The summed E-state index contributed by atoms with van der Waals surface area (Å²) in [6.07, 6.45) is 8.55. The Kier molecular flexibility index (Phi) is 6.28. The van der Waals surface area contributed by atoms with Gasteiger partial charge in [-0.05, 0) is 63.4 Å². The second kappa shape index (κ2) is 9.35. The van der Waals surface area contributed by atoms with Crippen LogP contribution in [0.5, 0.6) is 0 Å². The number of aromatic carboxylic acids is 1. The van der Waals surface area contributed by atoms with E-state index in [4.69, 9.17) is 4.98 Å². The fourth-order valence-electron chi connectivity index (χ4n) is 5.46. The summed E-state index contributed by atoms with van der Waals surface area (Å²) in [5.41, 5.74) is 3.47. The third kappa shape index (κ3) is 4.52. The second-order valence-electron chi connectivity index (χ2n) is 10.5. The molecule has 1 atom stereocenters. The van der Waals surface area contributed by atoms with Crippen LogP contribution in [0.4, 0.5) is 5.82 Å². The molecule has 2 aliphatic carbocycles. The van der Waals surface area contributed by atoms with Gasteiger partial charge >= 0.3 is 5.97 Å². The van der Waals surface area contributed by atoms with E-state index >= 15 is 0 Å². The van der Waals surface area contributed by atoms with Crippen LogP contribution in [0.3, 0.4) is 0 Å². The zero-order chi connectivity index (χ0) is 23.8. The summed E-state index contributed by atoms with van der Waals surface area (Å²) in [4.78, 5) is 25.6. The molecule has 7 nitrogen and oxygen atoms in total. The van der Waals surface area contributed by atoms with Crippen molar-refractivity contribution in [3.05, 3.63) is 35.7 Å². The van der Waals surface area contributed by atoms with Crippen molar-refractivity contribution in [3.8, 4) is 11.4 Å². The third-order valence-corrected chi connectivity index (χ3v) is 7.87. The molecule has 0 aliphatic heterocycles. The molecule has 1 aromatic carbocycles. The van der Waals surface area contributed by atoms with Gasteiger partial charge in [0.25, 0.3) is 0 Å². The van der Waals surface area contributed by atoms with E-state index in [-0.39, 0.29) is 11.9 Å². The highest BCUT2D eigenvalue weighted by Crippen LogP contribution is 2.36. The van der Waals surface area contributed by atoms with Crippen LogP contribution in [-0.2, 0) is 6.54 Å². The molecule has 2 aliphatic rings. The summed E-state index contributed by atoms with van der Waals surface area (Å²) >= 11 is 0. The van der Waals surface area contributed by atoms with Gasteiger partial charge < -0.3 is 15.0 Å². The smallest absolute Gasteiger partial charge is 0.374 e. The van der Waals surface area contributed by atoms with Gasteiger partial charge in [0.05, 0.1) is 0 Å². The Morgan fingerprint density at radius 1 is 1.15 bits per heavy atom. The highest BCUT2D eigenvalue weighted by molar-refractivity contribution is 5.92. The number of carboxylic acid groups (broad SMARTS) is 1. The first-order chi connectivity index (χ1) is 16.4. The number of nitrogens with zero attached hydrogens (tertiary/aromatic N) is 4. The number of imidazole rings is 1. The SMILES string of the molecule is Cc1cccc(-c2nc3nc(C(=O)O)nc(N[C@H](C)C4CCC4)c3n2C[C@H]2CC[C@H](C)CC2)c1. The molecule has 3 aromatic rings. The van der Waals surface area contributed by atoms with Crippen molar-refractivity contribution in [2.24, 2.45) is 17.8 Å². The first-order valence-electron chi connectivity index (χ1n) is 12.7. The largest absolute Gasteiger partial charge is 0.475 e. The lowest BCUT2D eigenvalue weighted by Crippen LogP contribution is -2.31. The van der Waals surface area contributed by atoms with Crippen molar-refractivity contribution < 1.29 is 9.90 Å². The summed E-state index contributed by atoms with van der Waals surface area (Å²) in [5, 5.41) is 13.3. The lowest BCUT2D eigenvalue weighted by molar-refractivity contribution is 0.0684. The molecule has 0 unspecified atom stereocenters. The molecular weight excluding hydrogens is 426 g/mol. The summed E-state index contributed by atoms with van der Waals surface area (Å²) in [6.45, 7) is 7.43. The van der Waals surface area contributed by atoms with Gasteiger partial charge in [0.2, 0.25) is 5.82 Å². The number of fused-ring (bicyclic) bond motifs is 1. The summed E-state index contributed by atoms with van der Waals surface area (Å²) in [6, 6.07) is 8.55.